The third kappa shape index (κ3) is 10.2. The Bertz CT molecular complexity index is 4140. The molecule has 11 aromatic rings. The van der Waals surface area contributed by atoms with Gasteiger partial charge in [-0.25, -0.2) is 4.98 Å². The Kier molecular flexibility index (Phi) is 13.2. The topological polar surface area (TPSA) is 33.5 Å². The van der Waals surface area contributed by atoms with E-state index in [9.17, 15) is 0 Å². The number of para-hydroxylation sites is 3. The second-order valence-electron chi connectivity index (χ2n) is 26.2. The zero-order valence-electron chi connectivity index (χ0n) is 49.2. The molecule has 2 aromatic heterocycles. The molecule has 0 saturated heterocycles. The standard InChI is InChI=1S/C76H74N4O/c1-73(2,3)55-35-33-52(34-36-55)61-29-22-30-62(54-28-21-27-53(41-54)50-23-15-13-16-24-50)72(61)79-49-78(68-31-19-20-32-69(68)79)58-42-57(75(7,8)9)43-60(45-58)81-59-38-39-63-64-44-56(74(4,5)6)37-40-67(64)80(70(63)46-59)71-47-66(76(10,11)12)65(48-77-71)51-25-17-14-18-26-51/h13-48H,49H2,1-12H3. The molecule has 5 nitrogen and oxygen atoms in total. The molecule has 0 aliphatic carbocycles. The highest BCUT2D eigenvalue weighted by Gasteiger charge is 2.33. The minimum atomic E-state index is -0.181. The molecule has 0 fully saturated rings. The van der Waals surface area contributed by atoms with E-state index < -0.39 is 0 Å². The minimum Gasteiger partial charge on any atom is -0.457 e. The fraction of sp³-hybridized carbons (Fsp3) is 0.224. The first-order chi connectivity index (χ1) is 38.7. The van der Waals surface area contributed by atoms with Gasteiger partial charge in [-0.3, -0.25) is 4.57 Å². The van der Waals surface area contributed by atoms with E-state index in [1.807, 2.05) is 0 Å². The number of nitrogens with zero attached hydrogens (tertiary/aromatic N) is 4. The van der Waals surface area contributed by atoms with Crippen molar-refractivity contribution in [3.63, 3.8) is 0 Å². The van der Waals surface area contributed by atoms with E-state index in [0.717, 1.165) is 61.9 Å². The van der Waals surface area contributed by atoms with Crippen LogP contribution in [0.5, 0.6) is 11.5 Å². The fourth-order valence-electron chi connectivity index (χ4n) is 11.8. The minimum absolute atomic E-state index is 0.0259. The maximum Gasteiger partial charge on any atom is 0.137 e. The lowest BCUT2D eigenvalue weighted by atomic mass is 9.82. The number of rotatable bonds is 9. The maximum atomic E-state index is 7.20. The average Bonchev–Trinajstić information content (AvgIpc) is 4.17. The van der Waals surface area contributed by atoms with E-state index in [1.54, 1.807) is 0 Å². The van der Waals surface area contributed by atoms with Crippen molar-refractivity contribution in [1.29, 1.82) is 0 Å². The Morgan fingerprint density at radius 3 is 1.62 bits per heavy atom. The second-order valence-corrected chi connectivity index (χ2v) is 26.2. The monoisotopic (exact) mass is 1060 g/mol. The fourth-order valence-corrected chi connectivity index (χ4v) is 11.8. The number of anilines is 4. The smallest absolute Gasteiger partial charge is 0.137 e. The van der Waals surface area contributed by atoms with Crippen LogP contribution in [-0.4, -0.2) is 16.2 Å². The number of fused-ring (bicyclic) bond motifs is 4. The Morgan fingerprint density at radius 2 is 0.951 bits per heavy atom. The van der Waals surface area contributed by atoms with E-state index in [4.69, 9.17) is 9.72 Å². The van der Waals surface area contributed by atoms with E-state index >= 15 is 0 Å². The molecular weight excluding hydrogens is 985 g/mol. The van der Waals surface area contributed by atoms with Crippen LogP contribution in [0.4, 0.5) is 22.7 Å². The number of aromatic nitrogens is 2. The van der Waals surface area contributed by atoms with Crippen molar-refractivity contribution in [2.45, 2.75) is 105 Å². The molecule has 0 spiro atoms. The van der Waals surface area contributed by atoms with Crippen LogP contribution < -0.4 is 14.5 Å². The van der Waals surface area contributed by atoms with Crippen LogP contribution in [0.2, 0.25) is 0 Å². The molecule has 1 aliphatic rings. The van der Waals surface area contributed by atoms with E-state index in [0.29, 0.717) is 6.67 Å². The van der Waals surface area contributed by atoms with Crippen molar-refractivity contribution >= 4 is 44.6 Å². The summed E-state index contributed by atoms with van der Waals surface area (Å²) in [5.41, 5.74) is 20.8. The first-order valence-electron chi connectivity index (χ1n) is 28.7. The van der Waals surface area contributed by atoms with Crippen molar-refractivity contribution < 1.29 is 4.74 Å². The number of hydrogen-bond donors (Lipinski definition) is 0. The molecule has 404 valence electrons. The normalized spacial score (nSPS) is 13.1. The van der Waals surface area contributed by atoms with Crippen molar-refractivity contribution in [1.82, 2.24) is 9.55 Å². The number of benzene rings is 9. The Balaban J connectivity index is 0.982. The molecule has 3 heterocycles. The molecule has 0 amide bonds. The predicted molar refractivity (Wildman–Crippen MR) is 344 cm³/mol. The summed E-state index contributed by atoms with van der Waals surface area (Å²) in [4.78, 5) is 10.3. The second kappa shape index (κ2) is 20.1. The molecule has 81 heavy (non-hydrogen) atoms. The molecule has 0 bridgehead atoms. The maximum absolute atomic E-state index is 7.20. The SMILES string of the molecule is CC(C)(C)c1ccc(-c2cccc(-c3cccc(-c4ccccc4)c3)c2N2CN(c3cc(Oc4ccc5c6cc(C(C)(C)C)ccc6n(-c6cc(C(C)(C)C)c(-c7ccccc7)cn6)c5c4)cc(C(C)(C)C)c3)c3ccccc32)cc1. The van der Waals surface area contributed by atoms with Gasteiger partial charge in [-0.15, -0.1) is 0 Å². The van der Waals surface area contributed by atoms with Crippen LogP contribution in [0.3, 0.4) is 0 Å². The number of ether oxygens (including phenoxy) is 1. The van der Waals surface area contributed by atoms with Crippen LogP contribution in [0.25, 0.3) is 72.1 Å². The average molecular weight is 1060 g/mol. The summed E-state index contributed by atoms with van der Waals surface area (Å²) in [5, 5.41) is 2.35. The molecule has 0 N–H and O–H groups in total. The quantitative estimate of drug-likeness (QED) is 0.144. The van der Waals surface area contributed by atoms with Gasteiger partial charge in [0.1, 0.15) is 24.0 Å². The van der Waals surface area contributed by atoms with Gasteiger partial charge in [0.15, 0.2) is 0 Å². The lowest BCUT2D eigenvalue weighted by Crippen LogP contribution is -2.25. The van der Waals surface area contributed by atoms with Gasteiger partial charge in [0.25, 0.3) is 0 Å². The molecule has 1 aliphatic heterocycles. The van der Waals surface area contributed by atoms with Crippen molar-refractivity contribution in [3.8, 4) is 61.8 Å². The summed E-state index contributed by atoms with van der Waals surface area (Å²) >= 11 is 0. The summed E-state index contributed by atoms with van der Waals surface area (Å²) in [6.45, 7) is 28.0. The van der Waals surface area contributed by atoms with Crippen LogP contribution >= 0.6 is 0 Å². The van der Waals surface area contributed by atoms with Gasteiger partial charge in [0, 0.05) is 51.5 Å². The van der Waals surface area contributed by atoms with Crippen LogP contribution in [-0.2, 0) is 21.7 Å². The van der Waals surface area contributed by atoms with Gasteiger partial charge in [0.05, 0.1) is 28.1 Å². The van der Waals surface area contributed by atoms with E-state index in [-0.39, 0.29) is 21.7 Å². The highest BCUT2D eigenvalue weighted by atomic mass is 16.5. The van der Waals surface area contributed by atoms with Gasteiger partial charge < -0.3 is 14.5 Å². The molecule has 0 saturated carbocycles. The molecule has 0 unspecified atom stereocenters. The van der Waals surface area contributed by atoms with Crippen LogP contribution in [0.1, 0.15) is 105 Å². The Morgan fingerprint density at radius 1 is 0.370 bits per heavy atom. The van der Waals surface area contributed by atoms with Crippen molar-refractivity contribution in [2.24, 2.45) is 0 Å². The Hall–Kier alpha value is -8.67. The summed E-state index contributed by atoms with van der Waals surface area (Å²) < 4.78 is 9.54. The largest absolute Gasteiger partial charge is 0.457 e. The molecule has 12 rings (SSSR count). The first-order valence-corrected chi connectivity index (χ1v) is 28.7. The summed E-state index contributed by atoms with van der Waals surface area (Å²) in [6.07, 6.45) is 2.07. The number of pyridine rings is 1. The predicted octanol–water partition coefficient (Wildman–Crippen LogP) is 21.1. The third-order valence-electron chi connectivity index (χ3n) is 16.3. The molecule has 9 aromatic carbocycles. The summed E-state index contributed by atoms with van der Waals surface area (Å²) in [5.74, 6) is 2.42. The third-order valence-corrected chi connectivity index (χ3v) is 16.3. The van der Waals surface area contributed by atoms with Crippen molar-refractivity contribution in [3.05, 3.63) is 241 Å². The summed E-state index contributed by atoms with van der Waals surface area (Å²) in [6, 6.07) is 77.9. The molecule has 0 atom stereocenters. The highest BCUT2D eigenvalue weighted by Crippen LogP contribution is 2.52. The number of hydrogen-bond acceptors (Lipinski definition) is 4. The first kappa shape index (κ1) is 53.0. The van der Waals surface area contributed by atoms with Gasteiger partial charge >= 0.3 is 0 Å². The molecule has 0 radical (unpaired) electrons. The van der Waals surface area contributed by atoms with Gasteiger partial charge in [0.2, 0.25) is 0 Å². The van der Waals surface area contributed by atoms with Crippen LogP contribution in [0.15, 0.2) is 219 Å². The lowest BCUT2D eigenvalue weighted by Gasteiger charge is -2.28. The molecule has 5 heteroatoms. The van der Waals surface area contributed by atoms with Crippen LogP contribution in [0, 0.1) is 0 Å². The van der Waals surface area contributed by atoms with Gasteiger partial charge in [-0.1, -0.05) is 223 Å². The van der Waals surface area contributed by atoms with E-state index in [1.165, 1.54) is 66.7 Å². The van der Waals surface area contributed by atoms with Crippen molar-refractivity contribution in [2.75, 3.05) is 16.5 Å². The zero-order chi connectivity index (χ0) is 56.6. The highest BCUT2D eigenvalue weighted by molar-refractivity contribution is 6.10. The molecular formula is C76H74N4O. The zero-order valence-corrected chi connectivity index (χ0v) is 49.2. The summed E-state index contributed by atoms with van der Waals surface area (Å²) in [7, 11) is 0. The van der Waals surface area contributed by atoms with E-state index in [2.05, 4.69) is 316 Å². The Labute approximate surface area is 480 Å². The van der Waals surface area contributed by atoms with Gasteiger partial charge in [-0.2, -0.15) is 0 Å². The van der Waals surface area contributed by atoms with Gasteiger partial charge in [-0.05, 0) is 132 Å². The lowest BCUT2D eigenvalue weighted by molar-refractivity contribution is 0.479.